The zero-order valence-corrected chi connectivity index (χ0v) is 7.62. The summed E-state index contributed by atoms with van der Waals surface area (Å²) < 4.78 is 5.32. The molecule has 0 atom stereocenters. The second kappa shape index (κ2) is 4.59. The molecule has 0 radical (unpaired) electrons. The zero-order chi connectivity index (χ0) is 8.10. The highest BCUT2D eigenvalue weighted by Gasteiger charge is 2.00. The molecule has 1 heterocycles. The van der Waals surface area contributed by atoms with Crippen molar-refractivity contribution in [3.8, 4) is 5.06 Å². The number of thiophene rings is 1. The van der Waals surface area contributed by atoms with Crippen molar-refractivity contribution in [2.24, 2.45) is 5.73 Å². The van der Waals surface area contributed by atoms with E-state index in [0.717, 1.165) is 11.5 Å². The van der Waals surface area contributed by atoms with Crippen molar-refractivity contribution in [3.63, 3.8) is 0 Å². The van der Waals surface area contributed by atoms with Gasteiger partial charge in [0.2, 0.25) is 0 Å². The molecule has 1 aromatic heterocycles. The molecular weight excluding hydrogens is 182 g/mol. The van der Waals surface area contributed by atoms with Gasteiger partial charge in [-0.2, -0.15) is 0 Å². The highest BCUT2D eigenvalue weighted by atomic mass is 35.5. The third-order valence-corrected chi connectivity index (χ3v) is 2.40. The quantitative estimate of drug-likeness (QED) is 0.741. The first kappa shape index (κ1) is 8.84. The van der Waals surface area contributed by atoms with E-state index < -0.39 is 0 Å². The molecular formula is C7H10ClNOS. The molecule has 0 aliphatic rings. The molecule has 11 heavy (non-hydrogen) atoms. The molecule has 0 amide bonds. The Morgan fingerprint density at radius 1 is 1.64 bits per heavy atom. The summed E-state index contributed by atoms with van der Waals surface area (Å²) in [5.74, 6) is 0. The lowest BCUT2D eigenvalue weighted by Crippen LogP contribution is -2.05. The molecule has 0 fully saturated rings. The van der Waals surface area contributed by atoms with Gasteiger partial charge in [-0.15, -0.1) is 11.3 Å². The Kier molecular flexibility index (Phi) is 3.69. The van der Waals surface area contributed by atoms with Crippen LogP contribution in [0, 0.1) is 0 Å². The van der Waals surface area contributed by atoms with Gasteiger partial charge < -0.3 is 10.5 Å². The normalized spacial score (nSPS) is 10.0. The summed E-state index contributed by atoms with van der Waals surface area (Å²) in [7, 11) is 0. The Morgan fingerprint density at radius 3 is 3.00 bits per heavy atom. The fourth-order valence-corrected chi connectivity index (χ4v) is 1.62. The van der Waals surface area contributed by atoms with Gasteiger partial charge in [0, 0.05) is 0 Å². The monoisotopic (exact) mass is 191 g/mol. The first-order valence-corrected chi connectivity index (χ1v) is 4.66. The fourth-order valence-electron chi connectivity index (χ4n) is 0.631. The van der Waals surface area contributed by atoms with E-state index in [9.17, 15) is 0 Å². The average Bonchev–Trinajstić information content (AvgIpc) is 2.37. The standard InChI is InChI=1S/C7H10ClNOS/c8-6-2-5-11-7(6)10-4-1-3-9/h2,5H,1,3-4,9H2. The molecule has 1 aromatic rings. The van der Waals surface area contributed by atoms with Crippen molar-refractivity contribution in [2.45, 2.75) is 6.42 Å². The number of nitrogens with two attached hydrogens (primary N) is 1. The third kappa shape index (κ3) is 2.69. The SMILES string of the molecule is NCCCOc1sccc1Cl. The molecule has 4 heteroatoms. The van der Waals surface area contributed by atoms with Crippen LogP contribution >= 0.6 is 22.9 Å². The maximum absolute atomic E-state index is 5.77. The summed E-state index contributed by atoms with van der Waals surface area (Å²) in [6, 6.07) is 1.82. The van der Waals surface area contributed by atoms with Gasteiger partial charge in [-0.05, 0) is 24.4 Å². The molecule has 0 aromatic carbocycles. The molecule has 0 bridgehead atoms. The Balaban J connectivity index is 2.32. The topological polar surface area (TPSA) is 35.2 Å². The lowest BCUT2D eigenvalue weighted by atomic mass is 10.5. The van der Waals surface area contributed by atoms with E-state index in [4.69, 9.17) is 22.1 Å². The largest absolute Gasteiger partial charge is 0.483 e. The predicted molar refractivity (Wildman–Crippen MR) is 48.5 cm³/mol. The van der Waals surface area contributed by atoms with E-state index in [1.165, 1.54) is 11.3 Å². The molecule has 0 unspecified atom stereocenters. The summed E-state index contributed by atoms with van der Waals surface area (Å²) in [6.45, 7) is 1.31. The Hall–Kier alpha value is -0.250. The summed E-state index contributed by atoms with van der Waals surface area (Å²) >= 11 is 7.28. The molecule has 62 valence electrons. The number of halogens is 1. The Morgan fingerprint density at radius 2 is 2.45 bits per heavy atom. The van der Waals surface area contributed by atoms with Crippen LogP contribution in [0.4, 0.5) is 0 Å². The van der Waals surface area contributed by atoms with Gasteiger partial charge in [-0.25, -0.2) is 0 Å². The summed E-state index contributed by atoms with van der Waals surface area (Å²) in [4.78, 5) is 0. The molecule has 0 aliphatic heterocycles. The number of ether oxygens (including phenoxy) is 1. The summed E-state index contributed by atoms with van der Waals surface area (Å²) in [5.41, 5.74) is 5.30. The first-order valence-electron chi connectivity index (χ1n) is 3.40. The Bertz CT molecular complexity index is 214. The smallest absolute Gasteiger partial charge is 0.192 e. The maximum Gasteiger partial charge on any atom is 0.192 e. The van der Waals surface area contributed by atoms with Gasteiger partial charge in [-0.1, -0.05) is 11.6 Å². The van der Waals surface area contributed by atoms with Crippen LogP contribution in [0.2, 0.25) is 5.02 Å². The van der Waals surface area contributed by atoms with Crippen molar-refractivity contribution in [2.75, 3.05) is 13.2 Å². The number of hydrogen-bond donors (Lipinski definition) is 1. The van der Waals surface area contributed by atoms with Gasteiger partial charge in [0.1, 0.15) is 0 Å². The molecule has 0 saturated heterocycles. The fraction of sp³-hybridized carbons (Fsp3) is 0.429. The van der Waals surface area contributed by atoms with Gasteiger partial charge in [-0.3, -0.25) is 0 Å². The van der Waals surface area contributed by atoms with Gasteiger partial charge in [0.05, 0.1) is 11.6 Å². The van der Waals surface area contributed by atoms with Crippen LogP contribution in [0.15, 0.2) is 11.4 Å². The molecule has 0 saturated carbocycles. The molecule has 2 N–H and O–H groups in total. The summed E-state index contributed by atoms with van der Waals surface area (Å²) in [5, 5.41) is 3.38. The lowest BCUT2D eigenvalue weighted by molar-refractivity contribution is 0.322. The van der Waals surface area contributed by atoms with Crippen molar-refractivity contribution >= 4 is 22.9 Å². The van der Waals surface area contributed by atoms with Gasteiger partial charge in [0.25, 0.3) is 0 Å². The van der Waals surface area contributed by atoms with Crippen LogP contribution in [-0.4, -0.2) is 13.2 Å². The van der Waals surface area contributed by atoms with Crippen molar-refractivity contribution < 1.29 is 4.74 Å². The van der Waals surface area contributed by atoms with Crippen molar-refractivity contribution in [3.05, 3.63) is 16.5 Å². The highest BCUT2D eigenvalue weighted by molar-refractivity contribution is 7.12. The van der Waals surface area contributed by atoms with E-state index in [1.54, 1.807) is 0 Å². The highest BCUT2D eigenvalue weighted by Crippen LogP contribution is 2.30. The van der Waals surface area contributed by atoms with Crippen LogP contribution in [0.1, 0.15) is 6.42 Å². The maximum atomic E-state index is 5.77. The van der Waals surface area contributed by atoms with Crippen LogP contribution < -0.4 is 10.5 Å². The van der Waals surface area contributed by atoms with E-state index in [-0.39, 0.29) is 0 Å². The molecule has 1 rings (SSSR count). The number of hydrogen-bond acceptors (Lipinski definition) is 3. The zero-order valence-electron chi connectivity index (χ0n) is 6.05. The predicted octanol–water partition coefficient (Wildman–Crippen LogP) is 2.13. The first-order chi connectivity index (χ1) is 5.34. The third-order valence-electron chi connectivity index (χ3n) is 1.17. The van der Waals surface area contributed by atoms with Crippen LogP contribution in [0.5, 0.6) is 5.06 Å². The van der Waals surface area contributed by atoms with Crippen LogP contribution in [0.25, 0.3) is 0 Å². The van der Waals surface area contributed by atoms with E-state index in [1.807, 2.05) is 11.4 Å². The van der Waals surface area contributed by atoms with Gasteiger partial charge in [0.15, 0.2) is 5.06 Å². The van der Waals surface area contributed by atoms with E-state index in [2.05, 4.69) is 0 Å². The van der Waals surface area contributed by atoms with Crippen molar-refractivity contribution in [1.29, 1.82) is 0 Å². The van der Waals surface area contributed by atoms with E-state index >= 15 is 0 Å². The lowest BCUT2D eigenvalue weighted by Gasteiger charge is -2.01. The average molecular weight is 192 g/mol. The second-order valence-corrected chi connectivity index (χ2v) is 3.33. The summed E-state index contributed by atoms with van der Waals surface area (Å²) in [6.07, 6.45) is 0.869. The van der Waals surface area contributed by atoms with E-state index in [0.29, 0.717) is 18.2 Å². The molecule has 0 spiro atoms. The van der Waals surface area contributed by atoms with Crippen LogP contribution in [0.3, 0.4) is 0 Å². The number of rotatable bonds is 4. The van der Waals surface area contributed by atoms with Gasteiger partial charge >= 0.3 is 0 Å². The second-order valence-electron chi connectivity index (χ2n) is 2.05. The minimum Gasteiger partial charge on any atom is -0.483 e. The van der Waals surface area contributed by atoms with Crippen molar-refractivity contribution in [1.82, 2.24) is 0 Å². The molecule has 2 nitrogen and oxygen atoms in total. The molecule has 0 aliphatic carbocycles. The minimum absolute atomic E-state index is 0.650. The Labute approximate surface area is 74.9 Å². The van der Waals surface area contributed by atoms with Crippen LogP contribution in [-0.2, 0) is 0 Å². The minimum atomic E-state index is 0.650.